The largest absolute Gasteiger partial charge is 0.451 e. The number of nitro groups is 1. The van der Waals surface area contributed by atoms with E-state index in [1.807, 2.05) is 20.8 Å². The second-order valence-electron chi connectivity index (χ2n) is 7.70. The van der Waals surface area contributed by atoms with Crippen LogP contribution in [0.3, 0.4) is 0 Å². The van der Waals surface area contributed by atoms with Crippen LogP contribution in [0.4, 0.5) is 16.5 Å². The van der Waals surface area contributed by atoms with Gasteiger partial charge in [0.15, 0.2) is 12.3 Å². The van der Waals surface area contributed by atoms with Crippen LogP contribution in [0.2, 0.25) is 0 Å². The zero-order chi connectivity index (χ0) is 24.7. The van der Waals surface area contributed by atoms with E-state index in [0.29, 0.717) is 24.2 Å². The van der Waals surface area contributed by atoms with Crippen molar-refractivity contribution in [1.82, 2.24) is 9.55 Å². The Kier molecular flexibility index (Phi) is 8.91. The number of aromatic nitrogens is 2. The van der Waals surface area contributed by atoms with Crippen molar-refractivity contribution in [3.05, 3.63) is 48.0 Å². The quantitative estimate of drug-likeness (QED) is 0.279. The second kappa shape index (κ2) is 11.4. The summed E-state index contributed by atoms with van der Waals surface area (Å²) in [7, 11) is 0. The number of rotatable bonds is 11. The van der Waals surface area contributed by atoms with Gasteiger partial charge in [-0.3, -0.25) is 29.3 Å². The lowest BCUT2D eigenvalue weighted by Gasteiger charge is -2.25. The van der Waals surface area contributed by atoms with Crippen LogP contribution in [-0.4, -0.2) is 39.5 Å². The Morgan fingerprint density at radius 1 is 1.33 bits per heavy atom. The monoisotopic (exact) mass is 481 g/mol. The minimum atomic E-state index is -0.903. The molecule has 0 aromatic carbocycles. The second-order valence-corrected chi connectivity index (χ2v) is 8.76. The Labute approximate surface area is 193 Å². The number of hydrogen-bond acceptors (Lipinski definition) is 9. The van der Waals surface area contributed by atoms with Crippen molar-refractivity contribution in [3.8, 4) is 0 Å². The minimum absolute atomic E-state index is 0.0336. The fraction of sp³-hybridized carbons (Fsp3) is 0.500. The molecule has 0 aliphatic heterocycles. The number of aromatic amines is 1. The van der Waals surface area contributed by atoms with Gasteiger partial charge in [-0.05, 0) is 24.8 Å². The molecule has 3 N–H and O–H groups in total. The highest BCUT2D eigenvalue weighted by molar-refractivity contribution is 7.17. The van der Waals surface area contributed by atoms with Gasteiger partial charge in [-0.15, -0.1) is 0 Å². The highest BCUT2D eigenvalue weighted by Crippen LogP contribution is 2.25. The van der Waals surface area contributed by atoms with Gasteiger partial charge in [0.05, 0.1) is 4.92 Å². The van der Waals surface area contributed by atoms with E-state index in [0.717, 1.165) is 17.4 Å². The molecule has 0 saturated heterocycles. The molecule has 2 heterocycles. The maximum atomic E-state index is 13.0. The molecule has 13 heteroatoms. The van der Waals surface area contributed by atoms with Crippen LogP contribution >= 0.6 is 11.3 Å². The number of nitrogens with one attached hydrogen (secondary N) is 1. The number of hydrogen-bond donors (Lipinski definition) is 2. The summed E-state index contributed by atoms with van der Waals surface area (Å²) in [5.41, 5.74) is 4.46. The van der Waals surface area contributed by atoms with E-state index in [1.54, 1.807) is 0 Å². The van der Waals surface area contributed by atoms with Crippen molar-refractivity contribution in [2.45, 2.75) is 46.6 Å². The third kappa shape index (κ3) is 6.51. The first-order valence-corrected chi connectivity index (χ1v) is 11.2. The summed E-state index contributed by atoms with van der Waals surface area (Å²) in [5, 5.41) is 10.6. The fourth-order valence-electron chi connectivity index (χ4n) is 2.94. The molecule has 2 aromatic rings. The maximum Gasteiger partial charge on any atom is 0.349 e. The predicted octanol–water partition coefficient (Wildman–Crippen LogP) is 2.12. The number of anilines is 2. The summed E-state index contributed by atoms with van der Waals surface area (Å²) in [6.45, 7) is 5.46. The van der Waals surface area contributed by atoms with Gasteiger partial charge >= 0.3 is 16.7 Å². The molecule has 0 spiro atoms. The number of nitrogen functional groups attached to an aromatic ring is 1. The molecule has 1 amide bonds. The molecular formula is C20H27N5O7S. The lowest BCUT2D eigenvalue weighted by molar-refractivity contribution is -0.380. The van der Waals surface area contributed by atoms with E-state index in [-0.39, 0.29) is 40.4 Å². The molecule has 0 bridgehead atoms. The highest BCUT2D eigenvalue weighted by atomic mass is 32.1. The molecule has 180 valence electrons. The number of carbonyl (C=O) groups is 2. The van der Waals surface area contributed by atoms with E-state index in [9.17, 15) is 29.3 Å². The zero-order valence-corrected chi connectivity index (χ0v) is 19.5. The zero-order valence-electron chi connectivity index (χ0n) is 18.7. The van der Waals surface area contributed by atoms with Crippen LogP contribution in [-0.2, 0) is 16.1 Å². The van der Waals surface area contributed by atoms with E-state index in [4.69, 9.17) is 10.5 Å². The average molecular weight is 482 g/mol. The van der Waals surface area contributed by atoms with Crippen LogP contribution in [0, 0.1) is 16.0 Å². The third-order valence-electron chi connectivity index (χ3n) is 4.75. The van der Waals surface area contributed by atoms with Gasteiger partial charge in [0, 0.05) is 19.2 Å². The van der Waals surface area contributed by atoms with Crippen molar-refractivity contribution in [2.24, 2.45) is 5.92 Å². The smallest absolute Gasteiger partial charge is 0.349 e. The van der Waals surface area contributed by atoms with Gasteiger partial charge in [-0.25, -0.2) is 9.59 Å². The Balaban J connectivity index is 2.31. The van der Waals surface area contributed by atoms with Gasteiger partial charge in [-0.1, -0.05) is 38.5 Å². The van der Waals surface area contributed by atoms with Crippen molar-refractivity contribution in [2.75, 3.05) is 23.8 Å². The first-order valence-electron chi connectivity index (χ1n) is 10.4. The number of thiophene rings is 1. The Morgan fingerprint density at radius 3 is 2.61 bits per heavy atom. The molecule has 0 atom stereocenters. The minimum Gasteiger partial charge on any atom is -0.451 e. The lowest BCUT2D eigenvalue weighted by atomic mass is 10.1. The van der Waals surface area contributed by atoms with Crippen molar-refractivity contribution in [3.63, 3.8) is 0 Å². The number of H-pyrrole nitrogens is 1. The van der Waals surface area contributed by atoms with Gasteiger partial charge in [0.2, 0.25) is 0 Å². The number of amides is 1. The highest BCUT2D eigenvalue weighted by Gasteiger charge is 2.26. The molecular weight excluding hydrogens is 454 g/mol. The molecule has 0 unspecified atom stereocenters. The molecule has 2 aromatic heterocycles. The number of ether oxygens (including phenoxy) is 1. The Hall–Kier alpha value is -3.48. The third-order valence-corrected chi connectivity index (χ3v) is 5.77. The lowest BCUT2D eigenvalue weighted by Crippen LogP contribution is -2.43. The van der Waals surface area contributed by atoms with Crippen LogP contribution < -0.4 is 21.9 Å². The maximum absolute atomic E-state index is 13.0. The summed E-state index contributed by atoms with van der Waals surface area (Å²) in [6.07, 6.45) is 1.94. The van der Waals surface area contributed by atoms with Crippen LogP contribution in [0.1, 0.15) is 49.7 Å². The van der Waals surface area contributed by atoms with E-state index in [1.165, 1.54) is 10.6 Å². The number of nitrogens with two attached hydrogens (primary N) is 1. The van der Waals surface area contributed by atoms with E-state index >= 15 is 0 Å². The van der Waals surface area contributed by atoms with Crippen LogP contribution in [0.25, 0.3) is 0 Å². The molecule has 12 nitrogen and oxygen atoms in total. The molecule has 0 saturated carbocycles. The molecule has 0 aliphatic carbocycles. The summed E-state index contributed by atoms with van der Waals surface area (Å²) in [4.78, 5) is 63.4. The summed E-state index contributed by atoms with van der Waals surface area (Å²) in [6, 6.07) is 2.40. The van der Waals surface area contributed by atoms with Crippen LogP contribution in [0.5, 0.6) is 0 Å². The van der Waals surface area contributed by atoms with Gasteiger partial charge < -0.3 is 15.4 Å². The standard InChI is InChI=1S/C20H27N5O7S/c1-4-5-9-24-17(21)16(18(27)22-20(24)29)23(10-8-12(2)3)14(26)11-32-19(28)13-6-7-15(33-13)25(30)31/h6-7,12H,4-5,8-11,21H2,1-3H3,(H,22,27,29). The molecule has 0 radical (unpaired) electrons. The summed E-state index contributed by atoms with van der Waals surface area (Å²) in [5.74, 6) is -1.58. The first-order chi connectivity index (χ1) is 15.6. The average Bonchev–Trinajstić information content (AvgIpc) is 3.24. The summed E-state index contributed by atoms with van der Waals surface area (Å²) >= 11 is 0.624. The predicted molar refractivity (Wildman–Crippen MR) is 124 cm³/mol. The number of carbonyl (C=O) groups excluding carboxylic acids is 2. The Bertz CT molecular complexity index is 1130. The number of esters is 1. The summed E-state index contributed by atoms with van der Waals surface area (Å²) < 4.78 is 6.23. The van der Waals surface area contributed by atoms with Crippen LogP contribution in [0.15, 0.2) is 21.7 Å². The first kappa shape index (κ1) is 25.8. The molecule has 33 heavy (non-hydrogen) atoms. The molecule has 0 fully saturated rings. The number of unbranched alkanes of at least 4 members (excludes halogenated alkanes) is 1. The van der Waals surface area contributed by atoms with Gasteiger partial charge in [0.1, 0.15) is 10.7 Å². The number of nitrogens with zero attached hydrogens (tertiary/aromatic N) is 3. The molecule has 0 aliphatic rings. The SMILES string of the molecule is CCCCn1c(N)c(N(CCC(C)C)C(=O)COC(=O)c2ccc([N+](=O)[O-])s2)c(=O)[nH]c1=O. The normalized spacial score (nSPS) is 10.9. The van der Waals surface area contributed by atoms with E-state index in [2.05, 4.69) is 4.98 Å². The van der Waals surface area contributed by atoms with Gasteiger partial charge in [0.25, 0.3) is 11.5 Å². The van der Waals surface area contributed by atoms with E-state index < -0.39 is 34.7 Å². The van der Waals surface area contributed by atoms with Gasteiger partial charge in [-0.2, -0.15) is 0 Å². The van der Waals surface area contributed by atoms with Crippen molar-refractivity contribution in [1.29, 1.82) is 0 Å². The fourth-order valence-corrected chi connectivity index (χ4v) is 3.65. The topological polar surface area (TPSA) is 171 Å². The van der Waals surface area contributed by atoms with Crippen molar-refractivity contribution >= 4 is 39.7 Å². The molecule has 2 rings (SSSR count). The van der Waals surface area contributed by atoms with Crippen molar-refractivity contribution < 1.29 is 19.2 Å². The Morgan fingerprint density at radius 2 is 2.03 bits per heavy atom.